The number of carbonyl (C=O) groups is 6. The summed E-state index contributed by atoms with van der Waals surface area (Å²) in [5, 5.41) is 25.6. The van der Waals surface area contributed by atoms with E-state index < -0.39 is 78.0 Å². The van der Waals surface area contributed by atoms with E-state index in [4.69, 9.17) is 16.6 Å². The molecule has 0 saturated carbocycles. The van der Waals surface area contributed by atoms with Crippen LogP contribution in [0.5, 0.6) is 0 Å². The van der Waals surface area contributed by atoms with Crippen molar-refractivity contribution in [2.45, 2.75) is 84.0 Å². The number of nitrogens with two attached hydrogens (primary N) is 2. The fourth-order valence-corrected chi connectivity index (χ4v) is 2.96. The largest absolute Gasteiger partial charge is 0.481 e. The number of carboxylic acid groups (broad SMARTS) is 2. The molecule has 0 fully saturated rings. The van der Waals surface area contributed by atoms with Crippen LogP contribution in [0.1, 0.15) is 59.8 Å². The topological polar surface area (TPSA) is 231 Å². The molecule has 0 radical (unpaired) electrons. The molecule has 5 atom stereocenters. The predicted molar refractivity (Wildman–Crippen MR) is 121 cm³/mol. The number of nitrogens with one attached hydrogen (secondary N) is 3. The minimum Gasteiger partial charge on any atom is -0.481 e. The predicted octanol–water partition coefficient (Wildman–Crippen LogP) is -1.31. The molecule has 0 rings (SSSR count). The molecule has 13 heteroatoms. The molecule has 194 valence electrons. The monoisotopic (exact) mass is 487 g/mol. The first-order chi connectivity index (χ1) is 15.7. The summed E-state index contributed by atoms with van der Waals surface area (Å²) in [6.45, 7) is 6.63. The summed E-state index contributed by atoms with van der Waals surface area (Å²) in [5.74, 6) is -6.29. The summed E-state index contributed by atoms with van der Waals surface area (Å²) in [6, 6.07) is -4.81. The lowest BCUT2D eigenvalue weighted by Gasteiger charge is -2.28. The normalized spacial score (nSPS) is 15.4. The van der Waals surface area contributed by atoms with Crippen molar-refractivity contribution >= 4 is 35.6 Å². The maximum absolute atomic E-state index is 13.0. The number of carbonyl (C=O) groups excluding carboxylic acids is 4. The van der Waals surface area contributed by atoms with Crippen LogP contribution in [-0.2, 0) is 28.8 Å². The molecule has 0 aromatic carbocycles. The lowest BCUT2D eigenvalue weighted by Crippen LogP contribution is -2.59. The Morgan fingerprint density at radius 3 is 1.79 bits per heavy atom. The molecule has 0 saturated heterocycles. The van der Waals surface area contributed by atoms with Gasteiger partial charge in [0.25, 0.3) is 0 Å². The first kappa shape index (κ1) is 30.8. The highest BCUT2D eigenvalue weighted by atomic mass is 16.4. The third-order valence-electron chi connectivity index (χ3n) is 5.34. The van der Waals surface area contributed by atoms with Crippen molar-refractivity contribution in [1.29, 1.82) is 0 Å². The number of hydrogen-bond acceptors (Lipinski definition) is 7. The Bertz CT molecular complexity index is 757. The van der Waals surface area contributed by atoms with Crippen LogP contribution < -0.4 is 27.4 Å². The molecule has 13 nitrogen and oxygen atoms in total. The van der Waals surface area contributed by atoms with Gasteiger partial charge >= 0.3 is 11.9 Å². The second-order valence-corrected chi connectivity index (χ2v) is 8.55. The number of hydrogen-bond donors (Lipinski definition) is 7. The summed E-state index contributed by atoms with van der Waals surface area (Å²) < 4.78 is 0. The highest BCUT2D eigenvalue weighted by molar-refractivity contribution is 5.94. The number of rotatable bonds is 16. The Kier molecular flexibility index (Phi) is 13.4. The lowest BCUT2D eigenvalue weighted by molar-refractivity contribution is -0.144. The summed E-state index contributed by atoms with van der Waals surface area (Å²) in [7, 11) is 0. The molecule has 0 aliphatic carbocycles. The van der Waals surface area contributed by atoms with Crippen LogP contribution in [0.3, 0.4) is 0 Å². The number of carboxylic acids is 2. The summed E-state index contributed by atoms with van der Waals surface area (Å²) in [6.07, 6.45) is -0.430. The van der Waals surface area contributed by atoms with E-state index in [1.165, 1.54) is 0 Å². The highest BCUT2D eigenvalue weighted by Crippen LogP contribution is 2.11. The van der Waals surface area contributed by atoms with Crippen LogP contribution in [0, 0.1) is 11.8 Å². The minimum absolute atomic E-state index is 0.0224. The zero-order valence-corrected chi connectivity index (χ0v) is 20.0. The molecule has 4 amide bonds. The van der Waals surface area contributed by atoms with Crippen LogP contribution in [0.25, 0.3) is 0 Å². The van der Waals surface area contributed by atoms with Crippen molar-refractivity contribution < 1.29 is 39.0 Å². The molecule has 5 unspecified atom stereocenters. The van der Waals surface area contributed by atoms with Crippen LogP contribution in [0.15, 0.2) is 0 Å². The number of primary amides is 1. The summed E-state index contributed by atoms with van der Waals surface area (Å²) in [5.41, 5.74) is 10.8. The molecule has 0 spiro atoms. The highest BCUT2D eigenvalue weighted by Gasteiger charge is 2.33. The molecule has 0 aliphatic rings. The van der Waals surface area contributed by atoms with Gasteiger partial charge in [0.1, 0.15) is 18.1 Å². The van der Waals surface area contributed by atoms with Gasteiger partial charge in [-0.2, -0.15) is 0 Å². The van der Waals surface area contributed by atoms with Crippen LogP contribution in [0.2, 0.25) is 0 Å². The van der Waals surface area contributed by atoms with Crippen LogP contribution >= 0.6 is 0 Å². The second-order valence-electron chi connectivity index (χ2n) is 8.55. The fraction of sp³-hybridized carbons (Fsp3) is 0.714. The van der Waals surface area contributed by atoms with Gasteiger partial charge in [-0.1, -0.05) is 34.1 Å². The third kappa shape index (κ3) is 11.1. The van der Waals surface area contributed by atoms with Gasteiger partial charge in [0.15, 0.2) is 0 Å². The van der Waals surface area contributed by atoms with Gasteiger partial charge in [-0.05, 0) is 24.7 Å². The van der Waals surface area contributed by atoms with E-state index in [1.54, 1.807) is 27.7 Å². The number of aliphatic carboxylic acids is 2. The SMILES string of the molecule is CCC(C)C(NC(=O)C(N)CCC(N)=O)C(=O)NC(CCC(=O)O)C(=O)NC(C(=O)O)C(C)C. The molecular formula is C21H37N5O8. The van der Waals surface area contributed by atoms with E-state index in [9.17, 15) is 33.9 Å². The molecule has 0 bridgehead atoms. The summed E-state index contributed by atoms with van der Waals surface area (Å²) >= 11 is 0. The van der Waals surface area contributed by atoms with Crippen molar-refractivity contribution in [3.05, 3.63) is 0 Å². The smallest absolute Gasteiger partial charge is 0.326 e. The third-order valence-corrected chi connectivity index (χ3v) is 5.34. The zero-order valence-electron chi connectivity index (χ0n) is 20.0. The lowest BCUT2D eigenvalue weighted by atomic mass is 9.96. The molecule has 0 aromatic heterocycles. The average molecular weight is 488 g/mol. The van der Waals surface area contributed by atoms with Gasteiger partial charge in [-0.15, -0.1) is 0 Å². The maximum Gasteiger partial charge on any atom is 0.326 e. The Morgan fingerprint density at radius 1 is 0.794 bits per heavy atom. The van der Waals surface area contributed by atoms with E-state index >= 15 is 0 Å². The van der Waals surface area contributed by atoms with Gasteiger partial charge in [-0.3, -0.25) is 24.0 Å². The fourth-order valence-electron chi connectivity index (χ4n) is 2.96. The second kappa shape index (κ2) is 14.8. The Labute approximate surface area is 198 Å². The molecule has 0 aliphatic heterocycles. The molecule has 9 N–H and O–H groups in total. The van der Waals surface area contributed by atoms with Gasteiger partial charge in [0, 0.05) is 12.8 Å². The van der Waals surface area contributed by atoms with Crippen molar-refractivity contribution in [3.8, 4) is 0 Å². The molecular weight excluding hydrogens is 450 g/mol. The average Bonchev–Trinajstić information content (AvgIpc) is 2.74. The van der Waals surface area contributed by atoms with Gasteiger partial charge in [0.2, 0.25) is 23.6 Å². The van der Waals surface area contributed by atoms with E-state index in [0.29, 0.717) is 6.42 Å². The Balaban J connectivity index is 5.59. The van der Waals surface area contributed by atoms with Crippen molar-refractivity contribution in [1.82, 2.24) is 16.0 Å². The zero-order chi connectivity index (χ0) is 26.6. The van der Waals surface area contributed by atoms with Crippen molar-refractivity contribution in [2.24, 2.45) is 23.3 Å². The molecule has 34 heavy (non-hydrogen) atoms. The summed E-state index contributed by atoms with van der Waals surface area (Å²) in [4.78, 5) is 71.5. The van der Waals surface area contributed by atoms with E-state index in [0.717, 1.165) is 0 Å². The van der Waals surface area contributed by atoms with Crippen LogP contribution in [0.4, 0.5) is 0 Å². The quantitative estimate of drug-likeness (QED) is 0.137. The Hall–Kier alpha value is -3.22. The number of amides is 4. The van der Waals surface area contributed by atoms with E-state index in [1.807, 2.05) is 0 Å². The Morgan fingerprint density at radius 2 is 1.35 bits per heavy atom. The van der Waals surface area contributed by atoms with E-state index in [-0.39, 0.29) is 19.3 Å². The maximum atomic E-state index is 13.0. The van der Waals surface area contributed by atoms with Gasteiger partial charge in [-0.25, -0.2) is 4.79 Å². The standard InChI is InChI=1S/C21H37N5O8/c1-5-11(4)17(26-18(30)12(22)6-8-14(23)27)20(32)24-13(7-9-15(28)29)19(31)25-16(10(2)3)21(33)34/h10-13,16-17H,5-9,22H2,1-4H3,(H2,23,27)(H,24,32)(H,25,31)(H,26,30)(H,28,29)(H,33,34). The van der Waals surface area contributed by atoms with E-state index in [2.05, 4.69) is 16.0 Å². The van der Waals surface area contributed by atoms with Crippen LogP contribution in [-0.4, -0.2) is 69.9 Å². The minimum atomic E-state index is -1.35. The first-order valence-corrected chi connectivity index (χ1v) is 11.1. The van der Waals surface area contributed by atoms with Gasteiger partial charge in [0.05, 0.1) is 6.04 Å². The van der Waals surface area contributed by atoms with Crippen molar-refractivity contribution in [2.75, 3.05) is 0 Å². The molecule has 0 aromatic rings. The van der Waals surface area contributed by atoms with Gasteiger partial charge < -0.3 is 37.6 Å². The first-order valence-electron chi connectivity index (χ1n) is 11.1. The molecule has 0 heterocycles. The van der Waals surface area contributed by atoms with Crippen molar-refractivity contribution in [3.63, 3.8) is 0 Å².